The average molecular weight is 416 g/mol. The Labute approximate surface area is 178 Å². The molecule has 2 aromatic carbocycles. The number of carbonyl (C=O) groups excluding carboxylic acids is 1. The Bertz CT molecular complexity index is 1470. The molecule has 6 rings (SSSR count). The molecule has 1 amide bonds. The number of para-hydroxylation sites is 1. The van der Waals surface area contributed by atoms with Crippen molar-refractivity contribution in [2.24, 2.45) is 10.8 Å². The van der Waals surface area contributed by atoms with Crippen LogP contribution in [0.2, 0.25) is 0 Å². The molecule has 31 heavy (non-hydrogen) atoms. The molecule has 2 fully saturated rings. The molecule has 3 heterocycles. The monoisotopic (exact) mass is 416 g/mol. The van der Waals surface area contributed by atoms with E-state index in [2.05, 4.69) is 19.2 Å². The number of nitrogens with zero attached hydrogens (tertiary/aromatic N) is 1. The zero-order valence-corrected chi connectivity index (χ0v) is 17.9. The maximum atomic E-state index is 13.0. The summed E-state index contributed by atoms with van der Waals surface area (Å²) < 4.78 is 12.2. The number of hydrogen-bond donors (Lipinski definition) is 1. The summed E-state index contributed by atoms with van der Waals surface area (Å²) in [6.07, 6.45) is 2.43. The van der Waals surface area contributed by atoms with Crippen LogP contribution >= 0.6 is 0 Å². The fourth-order valence-electron chi connectivity index (χ4n) is 6.36. The Morgan fingerprint density at radius 2 is 1.65 bits per heavy atom. The van der Waals surface area contributed by atoms with Crippen LogP contribution < -0.4 is 10.7 Å². The molecule has 6 nitrogen and oxygen atoms in total. The van der Waals surface area contributed by atoms with E-state index in [-0.39, 0.29) is 22.2 Å². The first-order chi connectivity index (χ1) is 14.7. The predicted molar refractivity (Wildman–Crippen MR) is 118 cm³/mol. The van der Waals surface area contributed by atoms with Crippen molar-refractivity contribution < 1.29 is 13.6 Å². The van der Waals surface area contributed by atoms with Gasteiger partial charge in [-0.05, 0) is 42.9 Å². The molecule has 3 atom stereocenters. The molecule has 0 radical (unpaired) electrons. The summed E-state index contributed by atoms with van der Waals surface area (Å²) in [7, 11) is 0. The van der Waals surface area contributed by atoms with Gasteiger partial charge in [-0.15, -0.1) is 0 Å². The number of hydrogen-bond acceptors (Lipinski definition) is 5. The lowest BCUT2D eigenvalue weighted by atomic mass is 9.52. The number of amides is 1. The summed E-state index contributed by atoms with van der Waals surface area (Å²) in [6, 6.07) is 10.8. The van der Waals surface area contributed by atoms with Crippen LogP contribution in [0.5, 0.6) is 0 Å². The summed E-state index contributed by atoms with van der Waals surface area (Å²) in [5.74, 6) is 0.737. The lowest BCUT2D eigenvalue weighted by Gasteiger charge is -2.54. The molecule has 2 bridgehead atoms. The third-order valence-electron chi connectivity index (χ3n) is 7.24. The van der Waals surface area contributed by atoms with Crippen LogP contribution in [0, 0.1) is 10.8 Å². The minimum atomic E-state index is -0.444. The normalized spacial score (nSPS) is 30.7. The van der Waals surface area contributed by atoms with Crippen molar-refractivity contribution in [2.75, 3.05) is 6.54 Å². The number of oxazole rings is 1. The number of aromatic nitrogens is 1. The number of piperidine rings is 1. The van der Waals surface area contributed by atoms with E-state index >= 15 is 0 Å². The molecular formula is C25H24N2O4. The van der Waals surface area contributed by atoms with E-state index in [1.54, 1.807) is 24.3 Å². The lowest BCUT2D eigenvalue weighted by molar-refractivity contribution is -0.143. The van der Waals surface area contributed by atoms with E-state index < -0.39 is 5.41 Å². The van der Waals surface area contributed by atoms with Gasteiger partial charge in [-0.1, -0.05) is 32.9 Å². The van der Waals surface area contributed by atoms with E-state index in [0.717, 1.165) is 12.8 Å². The van der Waals surface area contributed by atoms with Crippen LogP contribution in [0.25, 0.3) is 33.0 Å². The summed E-state index contributed by atoms with van der Waals surface area (Å²) >= 11 is 0. The van der Waals surface area contributed by atoms with Crippen LogP contribution in [0.4, 0.5) is 0 Å². The van der Waals surface area contributed by atoms with Crippen molar-refractivity contribution in [1.29, 1.82) is 0 Å². The quantitative estimate of drug-likeness (QED) is 0.456. The summed E-state index contributed by atoms with van der Waals surface area (Å²) in [5, 5.41) is 4.14. The number of benzene rings is 2. The fourth-order valence-corrected chi connectivity index (χ4v) is 6.36. The van der Waals surface area contributed by atoms with Crippen molar-refractivity contribution in [2.45, 2.75) is 45.4 Å². The predicted octanol–water partition coefficient (Wildman–Crippen LogP) is 4.67. The molecule has 1 saturated carbocycles. The third-order valence-corrected chi connectivity index (χ3v) is 7.24. The van der Waals surface area contributed by atoms with Crippen molar-refractivity contribution >= 4 is 38.9 Å². The Kier molecular flexibility index (Phi) is 3.45. The first kappa shape index (κ1) is 18.6. The Morgan fingerprint density at radius 3 is 2.48 bits per heavy atom. The van der Waals surface area contributed by atoms with Gasteiger partial charge in [-0.3, -0.25) is 9.59 Å². The van der Waals surface area contributed by atoms with E-state index in [1.165, 1.54) is 0 Å². The maximum absolute atomic E-state index is 13.0. The molecule has 1 N–H and O–H groups in total. The summed E-state index contributed by atoms with van der Waals surface area (Å²) in [6.45, 7) is 7.09. The van der Waals surface area contributed by atoms with E-state index in [1.807, 2.05) is 19.1 Å². The van der Waals surface area contributed by atoms with Crippen molar-refractivity contribution in [3.05, 3.63) is 52.5 Å². The lowest BCUT2D eigenvalue weighted by Crippen LogP contribution is -2.59. The molecule has 1 saturated heterocycles. The standard InChI is InChI=1S/C25H24N2O4/c1-23-10-24(2,21(29)26-13-23)12-25(3,11-23)22-27-16-8-15-18(9-19(16)31-22)30-17-7-5-4-6-14(17)20(15)28/h4-9H,10-13H2,1-3H3,(H,26,29). The SMILES string of the molecule is CC12CNC(=O)C(C)(C1)CC(C)(c1nc3cc4c(=O)c5ccccc5oc4cc3o1)C2. The minimum absolute atomic E-state index is 0.00370. The van der Waals surface area contributed by atoms with Gasteiger partial charge in [0.1, 0.15) is 16.7 Å². The topological polar surface area (TPSA) is 85.3 Å². The van der Waals surface area contributed by atoms with Gasteiger partial charge in [0.15, 0.2) is 5.58 Å². The molecule has 4 aromatic rings. The number of carbonyl (C=O) groups is 1. The van der Waals surface area contributed by atoms with Gasteiger partial charge >= 0.3 is 0 Å². The highest BCUT2D eigenvalue weighted by Crippen LogP contribution is 2.56. The second-order valence-corrected chi connectivity index (χ2v) is 10.4. The smallest absolute Gasteiger partial charge is 0.226 e. The van der Waals surface area contributed by atoms with Gasteiger partial charge in [0.05, 0.1) is 10.8 Å². The maximum Gasteiger partial charge on any atom is 0.226 e. The van der Waals surface area contributed by atoms with Crippen LogP contribution in [0.1, 0.15) is 45.9 Å². The molecule has 2 aromatic heterocycles. The molecule has 158 valence electrons. The number of nitrogens with one attached hydrogen (secondary N) is 1. The molecule has 6 heteroatoms. The Balaban J connectivity index is 1.53. The first-order valence-electron chi connectivity index (χ1n) is 10.7. The molecule has 2 aliphatic rings. The molecule has 0 spiro atoms. The highest BCUT2D eigenvalue weighted by atomic mass is 16.4. The van der Waals surface area contributed by atoms with E-state index in [0.29, 0.717) is 51.9 Å². The van der Waals surface area contributed by atoms with Crippen LogP contribution in [0.3, 0.4) is 0 Å². The van der Waals surface area contributed by atoms with Gasteiger partial charge in [-0.2, -0.15) is 0 Å². The van der Waals surface area contributed by atoms with Crippen molar-refractivity contribution in [3.63, 3.8) is 0 Å². The average Bonchev–Trinajstić information content (AvgIpc) is 3.13. The minimum Gasteiger partial charge on any atom is -0.456 e. The molecule has 1 aliphatic heterocycles. The van der Waals surface area contributed by atoms with Gasteiger partial charge in [0, 0.05) is 23.4 Å². The Hall–Kier alpha value is -3.15. The van der Waals surface area contributed by atoms with Crippen LogP contribution in [-0.2, 0) is 10.2 Å². The number of rotatable bonds is 1. The second kappa shape index (κ2) is 5.75. The van der Waals surface area contributed by atoms with Gasteiger partial charge < -0.3 is 14.2 Å². The third kappa shape index (κ3) is 2.60. The van der Waals surface area contributed by atoms with Crippen molar-refractivity contribution in [3.8, 4) is 0 Å². The zero-order chi connectivity index (χ0) is 21.6. The van der Waals surface area contributed by atoms with Crippen LogP contribution in [-0.4, -0.2) is 17.4 Å². The summed E-state index contributed by atoms with van der Waals surface area (Å²) in [4.78, 5) is 30.5. The zero-order valence-electron chi connectivity index (χ0n) is 17.9. The molecular weight excluding hydrogens is 392 g/mol. The fraction of sp³-hybridized carbons (Fsp3) is 0.400. The first-order valence-corrected chi connectivity index (χ1v) is 10.7. The van der Waals surface area contributed by atoms with Gasteiger partial charge in [0.2, 0.25) is 17.2 Å². The highest BCUT2D eigenvalue weighted by Gasteiger charge is 2.57. The largest absolute Gasteiger partial charge is 0.456 e. The van der Waals surface area contributed by atoms with Gasteiger partial charge in [-0.25, -0.2) is 4.98 Å². The van der Waals surface area contributed by atoms with Crippen LogP contribution in [0.15, 0.2) is 50.0 Å². The van der Waals surface area contributed by atoms with E-state index in [4.69, 9.17) is 13.8 Å². The van der Waals surface area contributed by atoms with E-state index in [9.17, 15) is 9.59 Å². The number of fused-ring (bicyclic) bond motifs is 5. The van der Waals surface area contributed by atoms with Gasteiger partial charge in [0.25, 0.3) is 0 Å². The molecule has 3 unspecified atom stereocenters. The molecule has 1 aliphatic carbocycles. The Morgan fingerprint density at radius 1 is 0.871 bits per heavy atom. The van der Waals surface area contributed by atoms with Crippen molar-refractivity contribution in [1.82, 2.24) is 10.3 Å². The highest BCUT2D eigenvalue weighted by molar-refractivity contribution is 5.96. The summed E-state index contributed by atoms with van der Waals surface area (Å²) in [5.41, 5.74) is 1.39. The second-order valence-electron chi connectivity index (χ2n) is 10.4.